The van der Waals surface area contributed by atoms with E-state index in [0.717, 1.165) is 12.2 Å². The first-order chi connectivity index (χ1) is 4.81. The number of thioether (sulfide) groups is 1. The van der Waals surface area contributed by atoms with Crippen molar-refractivity contribution in [2.45, 2.75) is 6.42 Å². The van der Waals surface area contributed by atoms with Crippen molar-refractivity contribution in [2.75, 3.05) is 25.7 Å². The van der Waals surface area contributed by atoms with E-state index in [2.05, 4.69) is 10.1 Å². The van der Waals surface area contributed by atoms with E-state index in [9.17, 15) is 4.79 Å². The summed E-state index contributed by atoms with van der Waals surface area (Å²) in [6.07, 6.45) is 2.69. The average molecular weight is 163 g/mol. The zero-order chi connectivity index (χ0) is 7.82. The van der Waals surface area contributed by atoms with E-state index in [1.807, 2.05) is 6.26 Å². The van der Waals surface area contributed by atoms with Gasteiger partial charge in [-0.1, -0.05) is 0 Å². The van der Waals surface area contributed by atoms with Crippen molar-refractivity contribution < 1.29 is 9.53 Å². The summed E-state index contributed by atoms with van der Waals surface area (Å²) in [5, 5.41) is 2.59. The molecule has 60 valence electrons. The van der Waals surface area contributed by atoms with Gasteiger partial charge in [0.2, 0.25) is 0 Å². The van der Waals surface area contributed by atoms with Crippen LogP contribution in [0.15, 0.2) is 0 Å². The van der Waals surface area contributed by atoms with Crippen molar-refractivity contribution in [3.05, 3.63) is 0 Å². The van der Waals surface area contributed by atoms with Gasteiger partial charge in [0.15, 0.2) is 0 Å². The van der Waals surface area contributed by atoms with Gasteiger partial charge in [0.1, 0.15) is 0 Å². The summed E-state index contributed by atoms with van der Waals surface area (Å²) < 4.78 is 4.37. The maximum Gasteiger partial charge on any atom is 0.406 e. The van der Waals surface area contributed by atoms with Gasteiger partial charge in [-0.2, -0.15) is 11.8 Å². The Morgan fingerprint density at radius 3 is 2.90 bits per heavy atom. The lowest BCUT2D eigenvalue weighted by Crippen LogP contribution is -2.24. The molecule has 0 unspecified atom stereocenters. The Hall–Kier alpha value is -0.380. The number of alkyl carbamates (subject to hydrolysis) is 1. The quantitative estimate of drug-likeness (QED) is 0.631. The molecule has 3 nitrogen and oxygen atoms in total. The standard InChI is InChI=1S/C6H13NO2S/c1-9-6(8)7-4-3-5-10-2/h3-5H2,1-2H3,(H,7,8). The number of rotatable bonds is 4. The summed E-state index contributed by atoms with van der Waals surface area (Å²) in [4.78, 5) is 10.4. The SMILES string of the molecule is COC(=O)NCCCSC. The third-order valence-electron chi connectivity index (χ3n) is 0.980. The van der Waals surface area contributed by atoms with Gasteiger partial charge in [0, 0.05) is 6.54 Å². The summed E-state index contributed by atoms with van der Waals surface area (Å²) >= 11 is 1.77. The number of ether oxygens (including phenoxy) is 1. The van der Waals surface area contributed by atoms with Crippen molar-refractivity contribution in [3.63, 3.8) is 0 Å². The van der Waals surface area contributed by atoms with Crippen molar-refractivity contribution in [1.29, 1.82) is 0 Å². The third-order valence-corrected chi connectivity index (χ3v) is 1.68. The van der Waals surface area contributed by atoms with Crippen LogP contribution in [0, 0.1) is 0 Å². The lowest BCUT2D eigenvalue weighted by molar-refractivity contribution is 0.171. The molecule has 10 heavy (non-hydrogen) atoms. The van der Waals surface area contributed by atoms with Gasteiger partial charge in [-0.05, 0) is 18.4 Å². The first kappa shape index (κ1) is 9.62. The van der Waals surface area contributed by atoms with Crippen LogP contribution in [0.3, 0.4) is 0 Å². The molecule has 0 saturated carbocycles. The highest BCUT2D eigenvalue weighted by Gasteiger charge is 1.94. The molecule has 0 heterocycles. The van der Waals surface area contributed by atoms with E-state index in [0.29, 0.717) is 6.54 Å². The molecular formula is C6H13NO2S. The molecule has 0 atom stereocenters. The minimum Gasteiger partial charge on any atom is -0.453 e. The second-order valence-electron chi connectivity index (χ2n) is 1.76. The fraction of sp³-hybridized carbons (Fsp3) is 0.833. The highest BCUT2D eigenvalue weighted by Crippen LogP contribution is 1.92. The van der Waals surface area contributed by atoms with Crippen LogP contribution >= 0.6 is 11.8 Å². The zero-order valence-corrected chi connectivity index (χ0v) is 7.16. The van der Waals surface area contributed by atoms with Crippen LogP contribution in [0.4, 0.5) is 4.79 Å². The normalized spacial score (nSPS) is 9.00. The maximum atomic E-state index is 10.4. The molecule has 0 aliphatic carbocycles. The topological polar surface area (TPSA) is 38.3 Å². The molecule has 0 saturated heterocycles. The molecule has 1 N–H and O–H groups in total. The van der Waals surface area contributed by atoms with Crippen LogP contribution in [0.25, 0.3) is 0 Å². The smallest absolute Gasteiger partial charge is 0.406 e. The Kier molecular flexibility index (Phi) is 6.48. The fourth-order valence-corrected chi connectivity index (χ4v) is 0.912. The highest BCUT2D eigenvalue weighted by molar-refractivity contribution is 7.98. The van der Waals surface area contributed by atoms with Gasteiger partial charge in [-0.25, -0.2) is 4.79 Å². The van der Waals surface area contributed by atoms with Gasteiger partial charge in [-0.15, -0.1) is 0 Å². The van der Waals surface area contributed by atoms with Crippen molar-refractivity contribution in [1.82, 2.24) is 5.32 Å². The molecule has 0 aromatic heterocycles. The zero-order valence-electron chi connectivity index (χ0n) is 6.35. The van der Waals surface area contributed by atoms with E-state index < -0.39 is 0 Å². The molecule has 0 aromatic rings. The van der Waals surface area contributed by atoms with E-state index in [1.165, 1.54) is 7.11 Å². The van der Waals surface area contributed by atoms with Gasteiger partial charge in [0.25, 0.3) is 0 Å². The van der Waals surface area contributed by atoms with Crippen LogP contribution in [0.2, 0.25) is 0 Å². The average Bonchev–Trinajstić information content (AvgIpc) is 1.98. The molecule has 0 fully saturated rings. The van der Waals surface area contributed by atoms with Crippen LogP contribution in [-0.4, -0.2) is 31.8 Å². The minimum absolute atomic E-state index is 0.346. The number of hydrogen-bond acceptors (Lipinski definition) is 3. The minimum atomic E-state index is -0.346. The molecule has 0 rings (SSSR count). The predicted octanol–water partition coefficient (Wildman–Crippen LogP) is 1.10. The highest BCUT2D eigenvalue weighted by atomic mass is 32.2. The second-order valence-corrected chi connectivity index (χ2v) is 2.75. The molecule has 0 aliphatic heterocycles. The predicted molar refractivity (Wildman–Crippen MR) is 43.4 cm³/mol. The van der Waals surface area contributed by atoms with Crippen LogP contribution in [0.1, 0.15) is 6.42 Å². The number of amides is 1. The first-order valence-corrected chi connectivity index (χ1v) is 4.51. The summed E-state index contributed by atoms with van der Waals surface area (Å²) in [6.45, 7) is 0.702. The summed E-state index contributed by atoms with van der Waals surface area (Å²) in [5.41, 5.74) is 0. The van der Waals surface area contributed by atoms with Crippen molar-refractivity contribution in [2.24, 2.45) is 0 Å². The van der Waals surface area contributed by atoms with Gasteiger partial charge in [0.05, 0.1) is 7.11 Å². The Balaban J connectivity index is 2.96. The monoisotopic (exact) mass is 163 g/mol. The molecule has 4 heteroatoms. The van der Waals surface area contributed by atoms with Gasteiger partial charge < -0.3 is 10.1 Å². The van der Waals surface area contributed by atoms with Crippen molar-refractivity contribution in [3.8, 4) is 0 Å². The van der Waals surface area contributed by atoms with E-state index in [-0.39, 0.29) is 6.09 Å². The van der Waals surface area contributed by atoms with E-state index in [1.54, 1.807) is 11.8 Å². The van der Waals surface area contributed by atoms with E-state index >= 15 is 0 Å². The van der Waals surface area contributed by atoms with Crippen LogP contribution in [0.5, 0.6) is 0 Å². The Labute approximate surface area is 65.5 Å². The van der Waals surface area contributed by atoms with Crippen LogP contribution < -0.4 is 5.32 Å². The molecule has 1 amide bonds. The lowest BCUT2D eigenvalue weighted by Gasteiger charge is -2.00. The largest absolute Gasteiger partial charge is 0.453 e. The summed E-state index contributed by atoms with van der Waals surface area (Å²) in [5.74, 6) is 1.07. The number of methoxy groups -OCH3 is 1. The number of hydrogen-bond donors (Lipinski definition) is 1. The van der Waals surface area contributed by atoms with Gasteiger partial charge in [-0.3, -0.25) is 0 Å². The Morgan fingerprint density at radius 2 is 2.40 bits per heavy atom. The van der Waals surface area contributed by atoms with Gasteiger partial charge >= 0.3 is 6.09 Å². The Morgan fingerprint density at radius 1 is 1.70 bits per heavy atom. The summed E-state index contributed by atoms with van der Waals surface area (Å²) in [6, 6.07) is 0. The maximum absolute atomic E-state index is 10.4. The Bertz CT molecular complexity index is 97.7. The van der Waals surface area contributed by atoms with Crippen molar-refractivity contribution >= 4 is 17.9 Å². The number of carbonyl (C=O) groups excluding carboxylic acids is 1. The molecule has 0 spiro atoms. The molecule has 0 bridgehead atoms. The fourth-order valence-electron chi connectivity index (χ4n) is 0.479. The van der Waals surface area contributed by atoms with Crippen LogP contribution in [-0.2, 0) is 4.74 Å². The molecular weight excluding hydrogens is 150 g/mol. The first-order valence-electron chi connectivity index (χ1n) is 3.12. The molecule has 0 aromatic carbocycles. The molecule has 0 aliphatic rings. The van der Waals surface area contributed by atoms with E-state index in [4.69, 9.17) is 0 Å². The third kappa shape index (κ3) is 5.75. The number of nitrogens with one attached hydrogen (secondary N) is 1. The summed E-state index contributed by atoms with van der Waals surface area (Å²) in [7, 11) is 1.36. The number of carbonyl (C=O) groups is 1. The lowest BCUT2D eigenvalue weighted by atomic mass is 10.5. The molecule has 0 radical (unpaired) electrons. The second kappa shape index (κ2) is 6.74.